The van der Waals surface area contributed by atoms with Crippen LogP contribution in [0.5, 0.6) is 0 Å². The highest BCUT2D eigenvalue weighted by atomic mass is 127. The molecule has 0 aliphatic carbocycles. The fourth-order valence-electron chi connectivity index (χ4n) is 1.07. The van der Waals surface area contributed by atoms with E-state index in [1.165, 1.54) is 0 Å². The zero-order valence-electron chi connectivity index (χ0n) is 8.98. The molecule has 1 rings (SSSR count). The standard InChI is InChI=1S/C11H12F2INO/c1-7-3-4-8(5-9(7)14)10(16)15-6-11(2,12)13/h3-5H,6H2,1-2H3,(H,15,16). The Hall–Kier alpha value is -0.720. The molecule has 2 nitrogen and oxygen atoms in total. The van der Waals surface area contributed by atoms with Gasteiger partial charge in [0, 0.05) is 16.1 Å². The molecule has 0 bridgehead atoms. The smallest absolute Gasteiger partial charge is 0.262 e. The average Bonchev–Trinajstić information content (AvgIpc) is 2.17. The van der Waals surface area contributed by atoms with Crippen LogP contribution >= 0.6 is 22.6 Å². The molecule has 1 N–H and O–H groups in total. The molecular formula is C11H12F2INO. The molecule has 5 heteroatoms. The molecule has 0 unspecified atom stereocenters. The largest absolute Gasteiger partial charge is 0.346 e. The highest BCUT2D eigenvalue weighted by molar-refractivity contribution is 14.1. The lowest BCUT2D eigenvalue weighted by Gasteiger charge is -2.11. The number of nitrogens with one attached hydrogen (secondary N) is 1. The summed E-state index contributed by atoms with van der Waals surface area (Å²) < 4.78 is 26.0. The lowest BCUT2D eigenvalue weighted by atomic mass is 10.1. The van der Waals surface area contributed by atoms with Crippen LogP contribution in [0.25, 0.3) is 0 Å². The first-order valence-corrected chi connectivity index (χ1v) is 5.79. The van der Waals surface area contributed by atoms with E-state index in [-0.39, 0.29) is 0 Å². The molecule has 0 heterocycles. The van der Waals surface area contributed by atoms with Gasteiger partial charge in [0.15, 0.2) is 0 Å². The minimum atomic E-state index is -2.88. The summed E-state index contributed by atoms with van der Waals surface area (Å²) in [6.45, 7) is 2.05. The Morgan fingerprint density at radius 3 is 2.62 bits per heavy atom. The first-order valence-electron chi connectivity index (χ1n) is 4.72. The van der Waals surface area contributed by atoms with Crippen molar-refractivity contribution < 1.29 is 13.6 Å². The summed E-state index contributed by atoms with van der Waals surface area (Å²) in [5.74, 6) is -3.35. The number of hydrogen-bond acceptors (Lipinski definition) is 1. The number of hydrogen-bond donors (Lipinski definition) is 1. The molecule has 0 spiro atoms. The fraction of sp³-hybridized carbons (Fsp3) is 0.364. The molecule has 1 aromatic carbocycles. The number of amides is 1. The van der Waals surface area contributed by atoms with Gasteiger partial charge in [-0.15, -0.1) is 0 Å². The van der Waals surface area contributed by atoms with Crippen LogP contribution < -0.4 is 5.32 Å². The predicted octanol–water partition coefficient (Wildman–Crippen LogP) is 2.98. The molecule has 88 valence electrons. The summed E-state index contributed by atoms with van der Waals surface area (Å²) in [5, 5.41) is 2.19. The van der Waals surface area contributed by atoms with Crippen molar-refractivity contribution in [1.82, 2.24) is 5.32 Å². The summed E-state index contributed by atoms with van der Waals surface area (Å²) in [5.41, 5.74) is 1.46. The third-order valence-electron chi connectivity index (χ3n) is 1.99. The van der Waals surface area contributed by atoms with Crippen molar-refractivity contribution in [3.05, 3.63) is 32.9 Å². The summed E-state index contributed by atoms with van der Waals surface area (Å²) in [7, 11) is 0. The molecule has 0 radical (unpaired) electrons. The number of carbonyl (C=O) groups is 1. The lowest BCUT2D eigenvalue weighted by Crippen LogP contribution is -2.34. The van der Waals surface area contributed by atoms with Crippen LogP contribution in [0.15, 0.2) is 18.2 Å². The SMILES string of the molecule is Cc1ccc(C(=O)NCC(C)(F)F)cc1I. The third-order valence-corrected chi connectivity index (χ3v) is 3.16. The summed E-state index contributed by atoms with van der Waals surface area (Å²) in [6, 6.07) is 5.10. The molecule has 0 atom stereocenters. The number of benzene rings is 1. The normalized spacial score (nSPS) is 11.3. The molecule has 1 amide bonds. The number of alkyl halides is 2. The highest BCUT2D eigenvalue weighted by Gasteiger charge is 2.22. The number of carbonyl (C=O) groups excluding carboxylic acids is 1. The van der Waals surface area contributed by atoms with Crippen LogP contribution in [-0.2, 0) is 0 Å². The van der Waals surface area contributed by atoms with Crippen molar-refractivity contribution in [1.29, 1.82) is 0 Å². The van der Waals surface area contributed by atoms with Gasteiger partial charge >= 0.3 is 0 Å². The fourth-order valence-corrected chi connectivity index (χ4v) is 1.59. The van der Waals surface area contributed by atoms with Crippen molar-refractivity contribution in [2.45, 2.75) is 19.8 Å². The van der Waals surface area contributed by atoms with E-state index in [0.29, 0.717) is 5.56 Å². The second kappa shape index (κ2) is 5.07. The van der Waals surface area contributed by atoms with Crippen molar-refractivity contribution >= 4 is 28.5 Å². The number of halogens is 3. The van der Waals surface area contributed by atoms with Gasteiger partial charge in [0.1, 0.15) is 0 Å². The van der Waals surface area contributed by atoms with Crippen LogP contribution in [0.2, 0.25) is 0 Å². The molecule has 0 fully saturated rings. The zero-order chi connectivity index (χ0) is 12.3. The predicted molar refractivity (Wildman–Crippen MR) is 66.9 cm³/mol. The molecule has 0 saturated carbocycles. The van der Waals surface area contributed by atoms with Crippen LogP contribution in [0.1, 0.15) is 22.8 Å². The summed E-state index contributed by atoms with van der Waals surface area (Å²) >= 11 is 2.10. The van der Waals surface area contributed by atoms with Crippen molar-refractivity contribution in [3.8, 4) is 0 Å². The summed E-state index contributed by atoms with van der Waals surface area (Å²) in [4.78, 5) is 11.5. The van der Waals surface area contributed by atoms with Gasteiger partial charge in [0.05, 0.1) is 6.54 Å². The maximum atomic E-state index is 12.5. The van der Waals surface area contributed by atoms with Crippen LogP contribution in [0.4, 0.5) is 8.78 Å². The van der Waals surface area contributed by atoms with E-state index in [1.807, 2.05) is 6.92 Å². The Morgan fingerprint density at radius 1 is 1.50 bits per heavy atom. The molecular weight excluding hydrogens is 327 g/mol. The Morgan fingerprint density at radius 2 is 2.12 bits per heavy atom. The topological polar surface area (TPSA) is 29.1 Å². The van der Waals surface area contributed by atoms with Gasteiger partial charge in [-0.3, -0.25) is 4.79 Å². The molecule has 0 saturated heterocycles. The van der Waals surface area contributed by atoms with Crippen LogP contribution in [0, 0.1) is 10.5 Å². The monoisotopic (exact) mass is 339 g/mol. The quantitative estimate of drug-likeness (QED) is 0.843. The van der Waals surface area contributed by atoms with E-state index in [2.05, 4.69) is 27.9 Å². The molecule has 0 aliphatic heterocycles. The van der Waals surface area contributed by atoms with Crippen LogP contribution in [0.3, 0.4) is 0 Å². The van der Waals surface area contributed by atoms with Crippen molar-refractivity contribution in [2.24, 2.45) is 0 Å². The van der Waals surface area contributed by atoms with Gasteiger partial charge in [0.2, 0.25) is 0 Å². The van der Waals surface area contributed by atoms with E-state index >= 15 is 0 Å². The van der Waals surface area contributed by atoms with Gasteiger partial charge in [0.25, 0.3) is 11.8 Å². The maximum Gasteiger partial charge on any atom is 0.262 e. The Labute approximate surface area is 107 Å². The number of aryl methyl sites for hydroxylation is 1. The Kier molecular flexibility index (Phi) is 4.23. The van der Waals surface area contributed by atoms with Crippen molar-refractivity contribution in [3.63, 3.8) is 0 Å². The zero-order valence-corrected chi connectivity index (χ0v) is 11.1. The van der Waals surface area contributed by atoms with Gasteiger partial charge in [-0.2, -0.15) is 0 Å². The maximum absolute atomic E-state index is 12.5. The van der Waals surface area contributed by atoms with E-state index in [9.17, 15) is 13.6 Å². The minimum absolute atomic E-state index is 0.402. The Bertz CT molecular complexity index is 401. The molecule has 16 heavy (non-hydrogen) atoms. The second-order valence-electron chi connectivity index (χ2n) is 3.72. The molecule has 1 aromatic rings. The number of rotatable bonds is 3. The van der Waals surface area contributed by atoms with Gasteiger partial charge in [-0.05, 0) is 47.2 Å². The van der Waals surface area contributed by atoms with E-state index < -0.39 is 18.4 Å². The minimum Gasteiger partial charge on any atom is -0.346 e. The Balaban J connectivity index is 2.70. The first kappa shape index (κ1) is 13.3. The van der Waals surface area contributed by atoms with E-state index in [4.69, 9.17) is 0 Å². The molecule has 0 aromatic heterocycles. The van der Waals surface area contributed by atoms with Crippen LogP contribution in [-0.4, -0.2) is 18.4 Å². The van der Waals surface area contributed by atoms with E-state index in [1.54, 1.807) is 18.2 Å². The third kappa shape index (κ3) is 4.03. The van der Waals surface area contributed by atoms with Gasteiger partial charge < -0.3 is 5.32 Å². The van der Waals surface area contributed by atoms with E-state index in [0.717, 1.165) is 16.1 Å². The van der Waals surface area contributed by atoms with Gasteiger partial charge in [-0.25, -0.2) is 8.78 Å². The van der Waals surface area contributed by atoms with Crippen molar-refractivity contribution in [2.75, 3.05) is 6.54 Å². The lowest BCUT2D eigenvalue weighted by molar-refractivity contribution is 0.0221. The molecule has 0 aliphatic rings. The van der Waals surface area contributed by atoms with Gasteiger partial charge in [-0.1, -0.05) is 6.07 Å². The highest BCUT2D eigenvalue weighted by Crippen LogP contribution is 2.14. The summed E-state index contributed by atoms with van der Waals surface area (Å²) in [6.07, 6.45) is 0. The average molecular weight is 339 g/mol. The second-order valence-corrected chi connectivity index (χ2v) is 4.88. The first-order chi connectivity index (χ1) is 7.29.